The van der Waals surface area contributed by atoms with Crippen LogP contribution < -0.4 is 10.6 Å². The Morgan fingerprint density at radius 3 is 1.85 bits per heavy atom. The molecular formula is C54H116N2O3. The predicted molar refractivity (Wildman–Crippen MR) is 269 cm³/mol. The van der Waals surface area contributed by atoms with Gasteiger partial charge in [-0.15, -0.1) is 0 Å². The van der Waals surface area contributed by atoms with Crippen LogP contribution in [0.1, 0.15) is 246 Å². The summed E-state index contributed by atoms with van der Waals surface area (Å²) in [7, 11) is 3.46. The number of ether oxygens (including phenoxy) is 1. The van der Waals surface area contributed by atoms with E-state index in [-0.39, 0.29) is 23.1 Å². The quantitative estimate of drug-likeness (QED) is 0.0419. The van der Waals surface area contributed by atoms with E-state index >= 15 is 0 Å². The Morgan fingerprint density at radius 1 is 0.763 bits per heavy atom. The lowest BCUT2D eigenvalue weighted by molar-refractivity contribution is -0.0588. The van der Waals surface area contributed by atoms with Crippen LogP contribution in [0.2, 0.25) is 0 Å². The van der Waals surface area contributed by atoms with Gasteiger partial charge in [0.05, 0.1) is 12.8 Å². The highest BCUT2D eigenvalue weighted by Crippen LogP contribution is 2.67. The van der Waals surface area contributed by atoms with Crippen molar-refractivity contribution in [2.24, 2.45) is 46.3 Å². The lowest BCUT2D eigenvalue weighted by Crippen LogP contribution is -2.50. The van der Waals surface area contributed by atoms with Crippen molar-refractivity contribution >= 4 is 0 Å². The Hall–Kier alpha value is -0.460. The number of aliphatic hydroxyl groups excluding tert-OH is 2. The molecule has 4 N–H and O–H groups in total. The molecule has 8 atom stereocenters. The summed E-state index contributed by atoms with van der Waals surface area (Å²) in [4.78, 5) is 0. The maximum absolute atomic E-state index is 10.2. The molecule has 4 aliphatic carbocycles. The number of aliphatic hydroxyl groups is 2. The fourth-order valence-corrected chi connectivity index (χ4v) is 11.6. The maximum Gasteiger partial charge on any atom is 0.0929 e. The van der Waals surface area contributed by atoms with Gasteiger partial charge < -0.3 is 20.3 Å². The van der Waals surface area contributed by atoms with Crippen molar-refractivity contribution in [3.8, 4) is 0 Å². The average Bonchev–Trinajstić information content (AvgIpc) is 3.59. The first kappa shape index (κ1) is 60.6. The number of rotatable bonds is 25. The molecule has 3 saturated carbocycles. The van der Waals surface area contributed by atoms with Crippen molar-refractivity contribution in [3.05, 3.63) is 11.6 Å². The SMILES string of the molecule is C.CC.CC.CCCCCCCCCCCCCCNCCCCOC.CC[C@H](CCCC(C)C)[C@H]1CCC2[C@@H]3CC=C4C[C@@H](O)CC[C@]4(C)C3CC[C@@]21C.CNCO.[HH].[HH]. The highest BCUT2D eigenvalue weighted by Gasteiger charge is 2.59. The van der Waals surface area contributed by atoms with Crippen LogP contribution in [-0.4, -0.2) is 56.9 Å². The van der Waals surface area contributed by atoms with E-state index < -0.39 is 0 Å². The van der Waals surface area contributed by atoms with Gasteiger partial charge in [0, 0.05) is 16.6 Å². The molecule has 0 aromatic rings. The van der Waals surface area contributed by atoms with Gasteiger partial charge >= 0.3 is 0 Å². The van der Waals surface area contributed by atoms with Crippen molar-refractivity contribution < 1.29 is 17.8 Å². The lowest BCUT2D eigenvalue weighted by Gasteiger charge is -2.58. The Balaban J connectivity index is -0.000000452. The third kappa shape index (κ3) is 22.6. The summed E-state index contributed by atoms with van der Waals surface area (Å²) < 4.78 is 5.04. The molecule has 0 saturated heterocycles. The van der Waals surface area contributed by atoms with E-state index in [1.165, 1.54) is 161 Å². The number of hydrogen-bond acceptors (Lipinski definition) is 5. The molecule has 5 nitrogen and oxygen atoms in total. The van der Waals surface area contributed by atoms with Crippen LogP contribution >= 0.6 is 0 Å². The third-order valence-electron chi connectivity index (χ3n) is 14.9. The van der Waals surface area contributed by atoms with Gasteiger partial charge in [-0.2, -0.15) is 0 Å². The summed E-state index contributed by atoms with van der Waals surface area (Å²) in [5.74, 6) is 5.52. The van der Waals surface area contributed by atoms with Crippen LogP contribution in [0.25, 0.3) is 0 Å². The summed E-state index contributed by atoms with van der Waals surface area (Å²) in [6.07, 6.45) is 38.2. The zero-order valence-corrected chi connectivity index (χ0v) is 41.6. The second-order valence-corrected chi connectivity index (χ2v) is 19.2. The van der Waals surface area contributed by atoms with Crippen LogP contribution in [0.3, 0.4) is 0 Å². The largest absolute Gasteiger partial charge is 0.393 e. The predicted octanol–water partition coefficient (Wildman–Crippen LogP) is 15.8. The summed E-state index contributed by atoms with van der Waals surface area (Å²) in [6.45, 7) is 26.1. The van der Waals surface area contributed by atoms with E-state index in [0.29, 0.717) is 10.8 Å². The molecule has 5 heteroatoms. The molecule has 0 aromatic heterocycles. The van der Waals surface area contributed by atoms with Gasteiger partial charge in [-0.05, 0) is 137 Å². The average molecular weight is 842 g/mol. The molecule has 4 rings (SSSR count). The Kier molecular flexibility index (Phi) is 39.1. The molecule has 0 bridgehead atoms. The smallest absolute Gasteiger partial charge is 0.0929 e. The number of nitrogens with one attached hydrogen (secondary N) is 2. The topological polar surface area (TPSA) is 73.8 Å². The second kappa shape index (κ2) is 38.0. The van der Waals surface area contributed by atoms with Crippen LogP contribution in [0.4, 0.5) is 0 Å². The molecule has 3 fully saturated rings. The Labute approximate surface area is 375 Å². The van der Waals surface area contributed by atoms with Crippen molar-refractivity contribution in [2.45, 2.75) is 250 Å². The molecule has 0 aliphatic heterocycles. The first-order chi connectivity index (χ1) is 28.1. The van der Waals surface area contributed by atoms with Crippen molar-refractivity contribution in [1.82, 2.24) is 10.6 Å². The number of allylic oxidation sites excluding steroid dienone is 1. The molecule has 0 amide bonds. The van der Waals surface area contributed by atoms with Crippen molar-refractivity contribution in [3.63, 3.8) is 0 Å². The van der Waals surface area contributed by atoms with Gasteiger partial charge in [0.15, 0.2) is 0 Å². The number of methoxy groups -OCH3 is 1. The Morgan fingerprint density at radius 2 is 1.32 bits per heavy atom. The molecule has 59 heavy (non-hydrogen) atoms. The van der Waals surface area contributed by atoms with Gasteiger partial charge in [-0.25, -0.2) is 0 Å². The summed E-state index contributed by atoms with van der Waals surface area (Å²) in [6, 6.07) is 0. The minimum Gasteiger partial charge on any atom is -0.393 e. The molecule has 4 aliphatic rings. The molecular weight excluding hydrogens is 725 g/mol. The second-order valence-electron chi connectivity index (χ2n) is 19.2. The van der Waals surface area contributed by atoms with E-state index in [4.69, 9.17) is 9.84 Å². The molecule has 0 radical (unpaired) electrons. The van der Waals surface area contributed by atoms with Crippen LogP contribution in [0.15, 0.2) is 11.6 Å². The maximum atomic E-state index is 10.2. The van der Waals surface area contributed by atoms with E-state index in [9.17, 15) is 5.11 Å². The molecule has 0 spiro atoms. The minimum atomic E-state index is -0.0771. The van der Waals surface area contributed by atoms with Gasteiger partial charge in [-0.1, -0.05) is 185 Å². The van der Waals surface area contributed by atoms with E-state index in [1.807, 2.05) is 27.7 Å². The summed E-state index contributed by atoms with van der Waals surface area (Å²) in [5, 5.41) is 24.0. The summed E-state index contributed by atoms with van der Waals surface area (Å²) in [5.41, 5.74) is 2.61. The van der Waals surface area contributed by atoms with Gasteiger partial charge in [0.2, 0.25) is 0 Å². The van der Waals surface area contributed by atoms with Crippen molar-refractivity contribution in [2.75, 3.05) is 40.6 Å². The standard InChI is InChI=1S/C28H48O.C19H41NO.C2H7NO.2C2H6.CH4.2H2/c1-6-20(9-7-8-19(2)3)24-12-13-25-23-11-10-21-18-22(29)14-16-27(21,4)26(23)15-17-28(24,25)5;1-3-4-5-6-7-8-9-10-11-12-13-14-17-20-18-15-16-19-21-2;1-3-2-4;2*1-2;;;/h10,19-20,22-26,29H,6-9,11-18H2,1-5H3;20H,3-19H2,1-2H3;3-4H,2H2,1H3;2*1-2H3;1H4;2*1H/t20-,22+,23+,24-,25?,26?,27+,28-;;;;;;;/m1......./s1. The van der Waals surface area contributed by atoms with E-state index in [2.05, 4.69) is 58.3 Å². The van der Waals surface area contributed by atoms with Crippen molar-refractivity contribution in [1.29, 1.82) is 0 Å². The minimum absolute atomic E-state index is 0. The fourth-order valence-electron chi connectivity index (χ4n) is 11.6. The molecule has 0 aromatic carbocycles. The van der Waals surface area contributed by atoms with Gasteiger partial charge in [-0.3, -0.25) is 5.32 Å². The lowest BCUT2D eigenvalue weighted by atomic mass is 9.47. The third-order valence-corrected chi connectivity index (χ3v) is 14.9. The molecule has 2 unspecified atom stereocenters. The van der Waals surface area contributed by atoms with Crippen LogP contribution in [0.5, 0.6) is 0 Å². The van der Waals surface area contributed by atoms with E-state index in [0.717, 1.165) is 61.5 Å². The molecule has 360 valence electrons. The monoisotopic (exact) mass is 841 g/mol. The van der Waals surface area contributed by atoms with Gasteiger partial charge in [0.1, 0.15) is 0 Å². The number of fused-ring (bicyclic) bond motifs is 5. The first-order valence-corrected chi connectivity index (χ1v) is 25.9. The highest BCUT2D eigenvalue weighted by atomic mass is 16.5. The summed E-state index contributed by atoms with van der Waals surface area (Å²) >= 11 is 0. The zero-order valence-electron chi connectivity index (χ0n) is 41.6. The van der Waals surface area contributed by atoms with Crippen LogP contribution in [0, 0.1) is 46.3 Å². The first-order valence-electron chi connectivity index (χ1n) is 25.9. The Bertz CT molecular complexity index is 933. The normalized spacial score (nSPS) is 27.0. The molecule has 0 heterocycles. The number of hydrogen-bond donors (Lipinski definition) is 4. The van der Waals surface area contributed by atoms with Crippen LogP contribution in [-0.2, 0) is 4.74 Å². The van der Waals surface area contributed by atoms with Gasteiger partial charge in [0.25, 0.3) is 0 Å². The number of unbranched alkanes of at least 4 members (excludes halogenated alkanes) is 12. The fraction of sp³-hybridized carbons (Fsp3) is 0.963. The highest BCUT2D eigenvalue weighted by molar-refractivity contribution is 5.25. The van der Waals surface area contributed by atoms with E-state index in [1.54, 1.807) is 19.7 Å². The zero-order chi connectivity index (χ0) is 43.7.